The van der Waals surface area contributed by atoms with Crippen LogP contribution in [0.15, 0.2) is 53.0 Å². The number of benzene rings is 2. The molecule has 0 fully saturated rings. The van der Waals surface area contributed by atoms with Crippen LogP contribution >= 0.6 is 15.9 Å². The van der Waals surface area contributed by atoms with Crippen molar-refractivity contribution in [2.24, 2.45) is 0 Å². The highest BCUT2D eigenvalue weighted by Gasteiger charge is 2.10. The molecule has 1 unspecified atom stereocenters. The summed E-state index contributed by atoms with van der Waals surface area (Å²) in [5.41, 5.74) is 2.61. The van der Waals surface area contributed by atoms with E-state index in [1.165, 1.54) is 15.6 Å². The van der Waals surface area contributed by atoms with E-state index in [9.17, 15) is 0 Å². The summed E-state index contributed by atoms with van der Waals surface area (Å²) in [4.78, 5) is 0. The number of rotatable bonds is 2. The Hall–Kier alpha value is -1.08. The molecule has 2 rings (SSSR count). The van der Waals surface area contributed by atoms with E-state index in [0.29, 0.717) is 5.92 Å². The van der Waals surface area contributed by atoms with Crippen molar-refractivity contribution < 1.29 is 0 Å². The first kappa shape index (κ1) is 10.4. The second kappa shape index (κ2) is 4.63. The van der Waals surface area contributed by atoms with Crippen molar-refractivity contribution in [1.29, 1.82) is 0 Å². The molecule has 0 amide bonds. The largest absolute Gasteiger partial charge is 0.0619 e. The molecule has 0 heterocycles. The molecule has 0 bridgehead atoms. The van der Waals surface area contributed by atoms with Crippen molar-refractivity contribution in [2.75, 3.05) is 0 Å². The van der Waals surface area contributed by atoms with Crippen molar-refractivity contribution in [3.63, 3.8) is 0 Å². The Morgan fingerprint density at radius 3 is 2.60 bits per heavy atom. The molecule has 2 aromatic carbocycles. The van der Waals surface area contributed by atoms with Crippen LogP contribution in [0, 0.1) is 6.07 Å². The zero-order valence-corrected chi connectivity index (χ0v) is 10.2. The first-order valence-corrected chi connectivity index (χ1v) is 5.79. The third-order valence-corrected chi connectivity index (χ3v) is 3.33. The Bertz CT molecular complexity index is 434. The van der Waals surface area contributed by atoms with Gasteiger partial charge in [-0.05, 0) is 23.3 Å². The molecule has 0 spiro atoms. The first-order valence-electron chi connectivity index (χ1n) is 4.99. The van der Waals surface area contributed by atoms with Crippen molar-refractivity contribution in [2.45, 2.75) is 12.8 Å². The van der Waals surface area contributed by atoms with Gasteiger partial charge in [0.05, 0.1) is 0 Å². The van der Waals surface area contributed by atoms with E-state index >= 15 is 0 Å². The molecule has 15 heavy (non-hydrogen) atoms. The highest BCUT2D eigenvalue weighted by atomic mass is 79.9. The fraction of sp³-hybridized carbons (Fsp3) is 0.143. The molecule has 0 N–H and O–H groups in total. The van der Waals surface area contributed by atoms with Gasteiger partial charge in [-0.1, -0.05) is 65.3 Å². The van der Waals surface area contributed by atoms with Crippen LogP contribution in [-0.2, 0) is 0 Å². The summed E-state index contributed by atoms with van der Waals surface area (Å²) in [6.45, 7) is 2.21. The molecule has 0 aromatic heterocycles. The van der Waals surface area contributed by atoms with Crippen LogP contribution in [0.2, 0.25) is 0 Å². The minimum Gasteiger partial charge on any atom is -0.0619 e. The monoisotopic (exact) mass is 259 g/mol. The van der Waals surface area contributed by atoms with Crippen molar-refractivity contribution >= 4 is 15.9 Å². The van der Waals surface area contributed by atoms with E-state index in [0.717, 1.165) is 0 Å². The Morgan fingerprint density at radius 1 is 1.13 bits per heavy atom. The third kappa shape index (κ3) is 2.29. The van der Waals surface area contributed by atoms with Crippen LogP contribution in [0.1, 0.15) is 24.0 Å². The summed E-state index contributed by atoms with van der Waals surface area (Å²) < 4.78 is 1.17. The SMILES string of the molecule is CC(c1c[c]ccc1)c1ccccc1Br. The molecule has 0 aliphatic rings. The van der Waals surface area contributed by atoms with Crippen molar-refractivity contribution in [1.82, 2.24) is 0 Å². The van der Waals surface area contributed by atoms with Crippen LogP contribution < -0.4 is 0 Å². The molecule has 0 saturated heterocycles. The van der Waals surface area contributed by atoms with Gasteiger partial charge >= 0.3 is 0 Å². The van der Waals surface area contributed by atoms with Crippen LogP contribution in [0.25, 0.3) is 0 Å². The Kier molecular flexibility index (Phi) is 3.22. The normalized spacial score (nSPS) is 12.4. The molecule has 1 heteroatoms. The van der Waals surface area contributed by atoms with Gasteiger partial charge in [-0.15, -0.1) is 0 Å². The Labute approximate surface area is 99.1 Å². The summed E-state index contributed by atoms with van der Waals surface area (Å²) in [6.07, 6.45) is 0. The second-order valence-corrected chi connectivity index (χ2v) is 4.43. The smallest absolute Gasteiger partial charge is 0.0213 e. The fourth-order valence-corrected chi connectivity index (χ4v) is 2.31. The predicted octanol–water partition coefficient (Wildman–Crippen LogP) is 4.40. The van der Waals surface area contributed by atoms with Gasteiger partial charge in [0.2, 0.25) is 0 Å². The summed E-state index contributed by atoms with van der Waals surface area (Å²) >= 11 is 3.58. The molecule has 2 aromatic rings. The van der Waals surface area contributed by atoms with Gasteiger partial charge in [0.25, 0.3) is 0 Å². The van der Waals surface area contributed by atoms with Crippen molar-refractivity contribution in [3.05, 3.63) is 70.2 Å². The minimum atomic E-state index is 0.401. The molecule has 0 aliphatic carbocycles. The van der Waals surface area contributed by atoms with Crippen LogP contribution in [-0.4, -0.2) is 0 Å². The topological polar surface area (TPSA) is 0 Å². The van der Waals surface area contributed by atoms with Crippen LogP contribution in [0.3, 0.4) is 0 Å². The summed E-state index contributed by atoms with van der Waals surface area (Å²) in [7, 11) is 0. The van der Waals surface area contributed by atoms with Gasteiger partial charge in [0.15, 0.2) is 0 Å². The minimum absolute atomic E-state index is 0.401. The van der Waals surface area contributed by atoms with E-state index in [4.69, 9.17) is 0 Å². The Balaban J connectivity index is 2.37. The lowest BCUT2D eigenvalue weighted by atomic mass is 9.93. The highest BCUT2D eigenvalue weighted by molar-refractivity contribution is 9.10. The average molecular weight is 260 g/mol. The van der Waals surface area contributed by atoms with E-state index in [2.05, 4.69) is 53.2 Å². The molecule has 0 nitrogen and oxygen atoms in total. The van der Waals surface area contributed by atoms with Gasteiger partial charge in [-0.3, -0.25) is 0 Å². The third-order valence-electron chi connectivity index (χ3n) is 2.60. The van der Waals surface area contributed by atoms with Crippen LogP contribution in [0.4, 0.5) is 0 Å². The van der Waals surface area contributed by atoms with E-state index in [1.54, 1.807) is 0 Å². The van der Waals surface area contributed by atoms with Crippen molar-refractivity contribution in [3.8, 4) is 0 Å². The van der Waals surface area contributed by atoms with Gasteiger partial charge in [0.1, 0.15) is 0 Å². The van der Waals surface area contributed by atoms with Gasteiger partial charge in [-0.2, -0.15) is 0 Å². The maximum absolute atomic E-state index is 3.58. The standard InChI is InChI=1S/C14H12Br/c1-11(12-7-3-2-4-8-12)13-9-5-6-10-14(13)15/h2-3,5-11H,1H3. The quantitative estimate of drug-likeness (QED) is 0.750. The lowest BCUT2D eigenvalue weighted by Crippen LogP contribution is -1.96. The maximum Gasteiger partial charge on any atom is 0.0213 e. The number of hydrogen-bond acceptors (Lipinski definition) is 0. The van der Waals surface area contributed by atoms with Gasteiger partial charge in [-0.25, -0.2) is 0 Å². The lowest BCUT2D eigenvalue weighted by molar-refractivity contribution is 0.915. The van der Waals surface area contributed by atoms with E-state index in [1.807, 2.05) is 24.3 Å². The number of halogens is 1. The molecule has 1 atom stereocenters. The molecule has 75 valence electrons. The molecule has 0 saturated carbocycles. The Morgan fingerprint density at radius 2 is 1.93 bits per heavy atom. The molecular formula is C14H12Br. The van der Waals surface area contributed by atoms with E-state index in [-0.39, 0.29) is 0 Å². The first-order chi connectivity index (χ1) is 7.29. The highest BCUT2D eigenvalue weighted by Crippen LogP contribution is 2.29. The molecule has 0 aliphatic heterocycles. The summed E-state index contributed by atoms with van der Waals surface area (Å²) in [5.74, 6) is 0.401. The van der Waals surface area contributed by atoms with Gasteiger partial charge < -0.3 is 0 Å². The summed E-state index contributed by atoms with van der Waals surface area (Å²) in [5, 5.41) is 0. The maximum atomic E-state index is 3.58. The van der Waals surface area contributed by atoms with Gasteiger partial charge in [0, 0.05) is 10.4 Å². The number of hydrogen-bond donors (Lipinski definition) is 0. The lowest BCUT2D eigenvalue weighted by Gasteiger charge is -2.13. The van der Waals surface area contributed by atoms with E-state index < -0.39 is 0 Å². The summed E-state index contributed by atoms with van der Waals surface area (Å²) in [6, 6.07) is 19.6. The zero-order chi connectivity index (χ0) is 10.7. The van der Waals surface area contributed by atoms with Crippen LogP contribution in [0.5, 0.6) is 0 Å². The average Bonchev–Trinajstić information content (AvgIpc) is 2.30. The zero-order valence-electron chi connectivity index (χ0n) is 8.57. The second-order valence-electron chi connectivity index (χ2n) is 3.58. The predicted molar refractivity (Wildman–Crippen MR) is 66.9 cm³/mol. The molecule has 1 radical (unpaired) electrons. The molecular weight excluding hydrogens is 248 g/mol. The fourth-order valence-electron chi connectivity index (χ4n) is 1.68.